The van der Waals surface area contributed by atoms with E-state index in [1.54, 1.807) is 17.5 Å². The Morgan fingerprint density at radius 3 is 2.79 bits per heavy atom. The number of thiophene rings is 1. The number of hydrogen-bond donors (Lipinski definition) is 2. The number of hydrogen-bond acceptors (Lipinski definition) is 4. The van der Waals surface area contributed by atoms with Crippen molar-refractivity contribution in [3.63, 3.8) is 0 Å². The molecule has 0 fully saturated rings. The normalized spacial score (nSPS) is 12.4. The van der Waals surface area contributed by atoms with E-state index >= 15 is 0 Å². The summed E-state index contributed by atoms with van der Waals surface area (Å²) in [7, 11) is 0. The maximum Gasteiger partial charge on any atom is 0.122 e. The van der Waals surface area contributed by atoms with Crippen LogP contribution in [0.2, 0.25) is 0 Å². The molecule has 0 aliphatic carbocycles. The number of nitrogens with zero attached hydrogens (tertiary/aromatic N) is 1. The molecule has 19 heavy (non-hydrogen) atoms. The fraction of sp³-hybridized carbons (Fsp3) is 0.286. The van der Waals surface area contributed by atoms with Crippen molar-refractivity contribution >= 4 is 34.2 Å². The van der Waals surface area contributed by atoms with Gasteiger partial charge in [-0.05, 0) is 29.5 Å². The zero-order chi connectivity index (χ0) is 13.8. The summed E-state index contributed by atoms with van der Waals surface area (Å²) in [4.78, 5) is 5.79. The molecule has 0 radical (unpaired) electrons. The van der Waals surface area contributed by atoms with Crippen LogP contribution in [0.4, 0.5) is 5.69 Å². The van der Waals surface area contributed by atoms with Gasteiger partial charge in [0.2, 0.25) is 0 Å². The maximum absolute atomic E-state index is 5.61. The fourth-order valence-electron chi connectivity index (χ4n) is 1.87. The first kappa shape index (κ1) is 14.0. The van der Waals surface area contributed by atoms with Crippen molar-refractivity contribution in [2.45, 2.75) is 19.9 Å². The lowest BCUT2D eigenvalue weighted by atomic mass is 10.0. The Morgan fingerprint density at radius 1 is 1.42 bits per heavy atom. The van der Waals surface area contributed by atoms with Crippen LogP contribution in [0.25, 0.3) is 0 Å². The van der Waals surface area contributed by atoms with E-state index in [-0.39, 0.29) is 6.04 Å². The highest BCUT2D eigenvalue weighted by Gasteiger charge is 2.16. The Morgan fingerprint density at radius 2 is 2.21 bits per heavy atom. The molecule has 1 unspecified atom stereocenters. The molecule has 0 aromatic carbocycles. The first-order chi connectivity index (χ1) is 9.08. The Bertz CT molecular complexity index is 550. The third-order valence-electron chi connectivity index (χ3n) is 2.85. The predicted octanol–water partition coefficient (Wildman–Crippen LogP) is 3.59. The highest BCUT2D eigenvalue weighted by atomic mass is 32.1. The van der Waals surface area contributed by atoms with E-state index in [2.05, 4.69) is 41.7 Å². The molecule has 0 bridgehead atoms. The van der Waals surface area contributed by atoms with Gasteiger partial charge in [-0.3, -0.25) is 4.98 Å². The average Bonchev–Trinajstić information content (AvgIpc) is 2.89. The summed E-state index contributed by atoms with van der Waals surface area (Å²) < 4.78 is 0. The quantitative estimate of drug-likeness (QED) is 0.827. The third kappa shape index (κ3) is 3.52. The topological polar surface area (TPSA) is 50.9 Å². The van der Waals surface area contributed by atoms with Gasteiger partial charge in [0, 0.05) is 16.8 Å². The molecule has 2 heterocycles. The lowest BCUT2D eigenvalue weighted by Crippen LogP contribution is -2.17. The van der Waals surface area contributed by atoms with Crippen molar-refractivity contribution in [3.8, 4) is 0 Å². The molecule has 0 aliphatic rings. The van der Waals surface area contributed by atoms with Gasteiger partial charge in [-0.1, -0.05) is 32.1 Å². The zero-order valence-corrected chi connectivity index (χ0v) is 12.6. The van der Waals surface area contributed by atoms with Crippen LogP contribution in [0.15, 0.2) is 35.8 Å². The van der Waals surface area contributed by atoms with Crippen LogP contribution in [0.3, 0.4) is 0 Å². The predicted molar refractivity (Wildman–Crippen MR) is 85.6 cm³/mol. The van der Waals surface area contributed by atoms with Crippen molar-refractivity contribution in [1.29, 1.82) is 0 Å². The van der Waals surface area contributed by atoms with Gasteiger partial charge in [0.1, 0.15) is 4.99 Å². The Kier molecular flexibility index (Phi) is 4.50. The molecular formula is C14H17N3S2. The summed E-state index contributed by atoms with van der Waals surface area (Å²) in [5.74, 6) is 0.486. The molecule has 1 atom stereocenters. The summed E-state index contributed by atoms with van der Waals surface area (Å²) in [6, 6.07) is 8.33. The molecule has 2 rings (SSSR count). The average molecular weight is 291 g/mol. The number of nitrogens with two attached hydrogens (primary N) is 1. The molecule has 0 amide bonds. The highest BCUT2D eigenvalue weighted by Crippen LogP contribution is 2.29. The molecule has 2 aromatic rings. The standard InChI is InChI=1S/C14H17N3S2/c1-9(2)13(12-4-3-7-19-12)17-10-5-6-16-11(8-10)14(15)18/h3-9,13H,1-2H3,(H2,15,18)(H,16,17). The minimum atomic E-state index is 0.279. The number of anilines is 1. The van der Waals surface area contributed by atoms with Crippen molar-refractivity contribution in [3.05, 3.63) is 46.4 Å². The minimum absolute atomic E-state index is 0.279. The fourth-order valence-corrected chi connectivity index (χ4v) is 2.93. The van der Waals surface area contributed by atoms with E-state index in [4.69, 9.17) is 18.0 Å². The second-order valence-electron chi connectivity index (χ2n) is 4.68. The van der Waals surface area contributed by atoms with Crippen molar-refractivity contribution < 1.29 is 0 Å². The molecule has 3 nitrogen and oxygen atoms in total. The van der Waals surface area contributed by atoms with Gasteiger partial charge < -0.3 is 11.1 Å². The molecule has 5 heteroatoms. The molecule has 0 aliphatic heterocycles. The van der Waals surface area contributed by atoms with Crippen LogP contribution >= 0.6 is 23.6 Å². The third-order valence-corrected chi connectivity index (χ3v) is 4.02. The summed E-state index contributed by atoms with van der Waals surface area (Å²) in [5, 5.41) is 5.63. The molecule has 0 saturated heterocycles. The summed E-state index contributed by atoms with van der Waals surface area (Å²) in [5.41, 5.74) is 7.25. The molecule has 3 N–H and O–H groups in total. The lowest BCUT2D eigenvalue weighted by Gasteiger charge is -2.22. The van der Waals surface area contributed by atoms with Gasteiger partial charge in [0.15, 0.2) is 0 Å². The van der Waals surface area contributed by atoms with E-state index < -0.39 is 0 Å². The monoisotopic (exact) mass is 291 g/mol. The zero-order valence-electron chi connectivity index (χ0n) is 11.0. The summed E-state index contributed by atoms with van der Waals surface area (Å²) >= 11 is 6.72. The smallest absolute Gasteiger partial charge is 0.122 e. The van der Waals surface area contributed by atoms with Crippen LogP contribution in [0.1, 0.15) is 30.5 Å². The van der Waals surface area contributed by atoms with Crippen LogP contribution < -0.4 is 11.1 Å². The van der Waals surface area contributed by atoms with E-state index in [1.807, 2.05) is 12.1 Å². The number of nitrogens with one attached hydrogen (secondary N) is 1. The molecular weight excluding hydrogens is 274 g/mol. The maximum atomic E-state index is 5.61. The van der Waals surface area contributed by atoms with E-state index in [9.17, 15) is 0 Å². The largest absolute Gasteiger partial charge is 0.388 e. The van der Waals surface area contributed by atoms with E-state index in [0.29, 0.717) is 16.6 Å². The molecule has 2 aromatic heterocycles. The van der Waals surface area contributed by atoms with Crippen molar-refractivity contribution in [2.75, 3.05) is 5.32 Å². The second-order valence-corrected chi connectivity index (χ2v) is 6.09. The van der Waals surface area contributed by atoms with Crippen molar-refractivity contribution in [2.24, 2.45) is 11.7 Å². The number of rotatable bonds is 5. The first-order valence-corrected chi connectivity index (χ1v) is 7.42. The molecule has 0 saturated carbocycles. The van der Waals surface area contributed by atoms with Crippen LogP contribution in [-0.2, 0) is 0 Å². The lowest BCUT2D eigenvalue weighted by molar-refractivity contribution is 0.554. The Hall–Kier alpha value is -1.46. The van der Waals surface area contributed by atoms with Crippen molar-refractivity contribution in [1.82, 2.24) is 4.98 Å². The highest BCUT2D eigenvalue weighted by molar-refractivity contribution is 7.80. The van der Waals surface area contributed by atoms with E-state index in [0.717, 1.165) is 5.69 Å². The van der Waals surface area contributed by atoms with Crippen LogP contribution in [-0.4, -0.2) is 9.97 Å². The van der Waals surface area contributed by atoms with Gasteiger partial charge >= 0.3 is 0 Å². The number of thiocarbonyl (C=S) groups is 1. The van der Waals surface area contributed by atoms with Gasteiger partial charge in [-0.25, -0.2) is 0 Å². The van der Waals surface area contributed by atoms with Gasteiger partial charge in [0.05, 0.1) is 11.7 Å². The van der Waals surface area contributed by atoms with E-state index in [1.165, 1.54) is 4.88 Å². The minimum Gasteiger partial charge on any atom is -0.388 e. The molecule has 0 spiro atoms. The first-order valence-electron chi connectivity index (χ1n) is 6.13. The second kappa shape index (κ2) is 6.12. The SMILES string of the molecule is CC(C)C(Nc1ccnc(C(N)=S)c1)c1cccs1. The van der Waals surface area contributed by atoms with Gasteiger partial charge in [-0.15, -0.1) is 11.3 Å². The number of pyridine rings is 1. The van der Waals surface area contributed by atoms with Crippen LogP contribution in [0, 0.1) is 5.92 Å². The number of aromatic nitrogens is 1. The summed E-state index contributed by atoms with van der Waals surface area (Å²) in [6.45, 7) is 4.40. The van der Waals surface area contributed by atoms with Gasteiger partial charge in [0.25, 0.3) is 0 Å². The molecule has 100 valence electrons. The van der Waals surface area contributed by atoms with Gasteiger partial charge in [-0.2, -0.15) is 0 Å². The Labute approximate surface area is 122 Å². The van der Waals surface area contributed by atoms with Crippen LogP contribution in [0.5, 0.6) is 0 Å². The summed E-state index contributed by atoms with van der Waals surface area (Å²) in [6.07, 6.45) is 1.72. The Balaban J connectivity index is 2.22.